The summed E-state index contributed by atoms with van der Waals surface area (Å²) in [5.74, 6) is -0.381. The summed E-state index contributed by atoms with van der Waals surface area (Å²) >= 11 is 0. The van der Waals surface area contributed by atoms with Gasteiger partial charge in [0.2, 0.25) is 11.8 Å². The summed E-state index contributed by atoms with van der Waals surface area (Å²) in [5.41, 5.74) is 6.46. The van der Waals surface area contributed by atoms with Gasteiger partial charge in [0, 0.05) is 19.0 Å². The maximum Gasteiger partial charge on any atom is 0.233 e. The van der Waals surface area contributed by atoms with E-state index in [-0.39, 0.29) is 11.8 Å². The lowest BCUT2D eigenvalue weighted by Gasteiger charge is -2.25. The van der Waals surface area contributed by atoms with Gasteiger partial charge in [-0.25, -0.2) is 4.90 Å². The number of nitrogens with zero attached hydrogens (tertiary/aromatic N) is 2. The highest BCUT2D eigenvalue weighted by Gasteiger charge is 2.28. The zero-order valence-corrected chi connectivity index (χ0v) is 8.14. The van der Waals surface area contributed by atoms with Gasteiger partial charge >= 0.3 is 0 Å². The molecule has 0 saturated carbocycles. The number of anilines is 2. The molecule has 0 aromatic carbocycles. The zero-order chi connectivity index (χ0) is 10.8. The molecule has 1 aromatic rings. The molecule has 1 aromatic heterocycles. The highest BCUT2D eigenvalue weighted by atomic mass is 16.2. The Morgan fingerprint density at radius 1 is 1.27 bits per heavy atom. The van der Waals surface area contributed by atoms with Crippen molar-refractivity contribution in [2.24, 2.45) is 0 Å². The van der Waals surface area contributed by atoms with E-state index in [4.69, 9.17) is 5.73 Å². The first-order valence-corrected chi connectivity index (χ1v) is 4.75. The predicted molar refractivity (Wildman–Crippen MR) is 55.0 cm³/mol. The number of aromatic nitrogens is 1. The van der Waals surface area contributed by atoms with Crippen molar-refractivity contribution in [2.75, 3.05) is 10.6 Å². The van der Waals surface area contributed by atoms with Crippen LogP contribution in [-0.2, 0) is 9.59 Å². The lowest BCUT2D eigenvalue weighted by Crippen LogP contribution is -2.40. The van der Waals surface area contributed by atoms with Crippen LogP contribution in [0.25, 0.3) is 0 Å². The molecule has 0 atom stereocenters. The van der Waals surface area contributed by atoms with Gasteiger partial charge in [-0.05, 0) is 12.5 Å². The van der Waals surface area contributed by atoms with Gasteiger partial charge in [-0.3, -0.25) is 14.6 Å². The van der Waals surface area contributed by atoms with Crippen molar-refractivity contribution in [3.8, 4) is 0 Å². The van der Waals surface area contributed by atoms with Gasteiger partial charge in [0.1, 0.15) is 0 Å². The fourth-order valence-corrected chi connectivity index (χ4v) is 1.63. The third-order valence-corrected chi connectivity index (χ3v) is 2.35. The van der Waals surface area contributed by atoms with Gasteiger partial charge in [-0.1, -0.05) is 0 Å². The van der Waals surface area contributed by atoms with Crippen molar-refractivity contribution in [3.63, 3.8) is 0 Å². The van der Waals surface area contributed by atoms with Crippen molar-refractivity contribution in [1.82, 2.24) is 4.98 Å². The van der Waals surface area contributed by atoms with Gasteiger partial charge in [-0.2, -0.15) is 0 Å². The van der Waals surface area contributed by atoms with Crippen LogP contribution < -0.4 is 10.6 Å². The highest BCUT2D eigenvalue weighted by molar-refractivity contribution is 6.17. The lowest BCUT2D eigenvalue weighted by molar-refractivity contribution is -0.129. The molecule has 1 aliphatic heterocycles. The molecule has 0 spiro atoms. The van der Waals surface area contributed by atoms with Crippen LogP contribution in [-0.4, -0.2) is 16.8 Å². The number of piperidine rings is 1. The lowest BCUT2D eigenvalue weighted by atomic mass is 10.1. The first kappa shape index (κ1) is 9.64. The van der Waals surface area contributed by atoms with E-state index in [1.54, 1.807) is 6.07 Å². The SMILES string of the molecule is Nc1cnccc1N1C(=O)CCCC1=O. The number of rotatable bonds is 1. The fraction of sp³-hybridized carbons (Fsp3) is 0.300. The van der Waals surface area contributed by atoms with Gasteiger partial charge in [0.15, 0.2) is 0 Å². The van der Waals surface area contributed by atoms with Crippen LogP contribution in [0, 0.1) is 0 Å². The summed E-state index contributed by atoms with van der Waals surface area (Å²) in [5, 5.41) is 0. The number of hydrogen-bond donors (Lipinski definition) is 1. The number of carbonyl (C=O) groups excluding carboxylic acids is 2. The zero-order valence-electron chi connectivity index (χ0n) is 8.14. The molecule has 0 unspecified atom stereocenters. The Morgan fingerprint density at radius 3 is 2.53 bits per heavy atom. The summed E-state index contributed by atoms with van der Waals surface area (Å²) in [6.45, 7) is 0. The highest BCUT2D eigenvalue weighted by Crippen LogP contribution is 2.26. The second-order valence-corrected chi connectivity index (χ2v) is 3.41. The number of nitrogen functional groups attached to an aromatic ring is 1. The molecule has 2 rings (SSSR count). The predicted octanol–water partition coefficient (Wildman–Crippen LogP) is 0.707. The minimum atomic E-state index is -0.191. The summed E-state index contributed by atoms with van der Waals surface area (Å²) in [6, 6.07) is 1.58. The minimum absolute atomic E-state index is 0.191. The third kappa shape index (κ3) is 1.68. The van der Waals surface area contributed by atoms with Crippen molar-refractivity contribution < 1.29 is 9.59 Å². The van der Waals surface area contributed by atoms with E-state index in [0.717, 1.165) is 4.90 Å². The molecule has 2 N–H and O–H groups in total. The van der Waals surface area contributed by atoms with Gasteiger partial charge < -0.3 is 5.73 Å². The molecule has 5 nitrogen and oxygen atoms in total. The summed E-state index contributed by atoms with van der Waals surface area (Å²) in [7, 11) is 0. The van der Waals surface area contributed by atoms with Crippen LogP contribution in [0.5, 0.6) is 0 Å². The van der Waals surface area contributed by atoms with Crippen molar-refractivity contribution in [1.29, 1.82) is 0 Å². The van der Waals surface area contributed by atoms with E-state index in [0.29, 0.717) is 30.6 Å². The van der Waals surface area contributed by atoms with E-state index < -0.39 is 0 Å². The topological polar surface area (TPSA) is 76.3 Å². The molecule has 2 amide bonds. The molecule has 1 aliphatic rings. The van der Waals surface area contributed by atoms with E-state index in [2.05, 4.69) is 4.98 Å². The van der Waals surface area contributed by atoms with Crippen molar-refractivity contribution in [2.45, 2.75) is 19.3 Å². The van der Waals surface area contributed by atoms with Crippen LogP contribution in [0.3, 0.4) is 0 Å². The van der Waals surface area contributed by atoms with E-state index in [1.807, 2.05) is 0 Å². The number of amides is 2. The average molecular weight is 205 g/mol. The Hall–Kier alpha value is -1.91. The standard InChI is InChI=1S/C10H11N3O2/c11-7-6-12-5-4-8(7)13-9(14)2-1-3-10(13)15/h4-6H,1-3,11H2. The monoisotopic (exact) mass is 205 g/mol. The molecule has 0 bridgehead atoms. The smallest absolute Gasteiger partial charge is 0.233 e. The number of hydrogen-bond acceptors (Lipinski definition) is 4. The molecule has 5 heteroatoms. The third-order valence-electron chi connectivity index (χ3n) is 2.35. The Kier molecular flexibility index (Phi) is 2.37. The summed E-state index contributed by atoms with van der Waals surface area (Å²) < 4.78 is 0. The van der Waals surface area contributed by atoms with Gasteiger partial charge in [0.05, 0.1) is 17.6 Å². The maximum absolute atomic E-state index is 11.6. The number of nitrogens with two attached hydrogens (primary N) is 1. The molecule has 2 heterocycles. The largest absolute Gasteiger partial charge is 0.396 e. The minimum Gasteiger partial charge on any atom is -0.396 e. The molecule has 0 aliphatic carbocycles. The summed E-state index contributed by atoms with van der Waals surface area (Å²) in [4.78, 5) is 28.1. The molecule has 78 valence electrons. The number of imide groups is 1. The van der Waals surface area contributed by atoms with Gasteiger partial charge in [-0.15, -0.1) is 0 Å². The number of carbonyl (C=O) groups is 2. The van der Waals surface area contributed by atoms with Gasteiger partial charge in [0.25, 0.3) is 0 Å². The second kappa shape index (κ2) is 3.68. The molecule has 0 radical (unpaired) electrons. The van der Waals surface area contributed by atoms with E-state index in [9.17, 15) is 9.59 Å². The molecule has 15 heavy (non-hydrogen) atoms. The Balaban J connectivity index is 2.40. The first-order valence-electron chi connectivity index (χ1n) is 4.75. The van der Waals surface area contributed by atoms with Crippen LogP contribution in [0.2, 0.25) is 0 Å². The van der Waals surface area contributed by atoms with Crippen LogP contribution in [0.1, 0.15) is 19.3 Å². The molecular weight excluding hydrogens is 194 g/mol. The Labute approximate surface area is 86.9 Å². The Bertz CT molecular complexity index is 401. The summed E-state index contributed by atoms with van der Waals surface area (Å²) in [6.07, 6.45) is 4.37. The molecule has 1 fully saturated rings. The van der Waals surface area contributed by atoms with Crippen molar-refractivity contribution >= 4 is 23.2 Å². The van der Waals surface area contributed by atoms with Crippen molar-refractivity contribution in [3.05, 3.63) is 18.5 Å². The normalized spacial score (nSPS) is 16.9. The first-order chi connectivity index (χ1) is 7.20. The van der Waals surface area contributed by atoms with E-state index in [1.165, 1.54) is 12.4 Å². The average Bonchev–Trinajstić information content (AvgIpc) is 2.20. The molecule has 1 saturated heterocycles. The van der Waals surface area contributed by atoms with Crippen LogP contribution in [0.15, 0.2) is 18.5 Å². The second-order valence-electron chi connectivity index (χ2n) is 3.41. The van der Waals surface area contributed by atoms with E-state index >= 15 is 0 Å². The number of pyridine rings is 1. The molecular formula is C10H11N3O2. The van der Waals surface area contributed by atoms with Crippen LogP contribution in [0.4, 0.5) is 11.4 Å². The quantitative estimate of drug-likeness (QED) is 0.685. The van der Waals surface area contributed by atoms with Crippen LogP contribution >= 0.6 is 0 Å². The Morgan fingerprint density at radius 2 is 1.93 bits per heavy atom. The fourth-order valence-electron chi connectivity index (χ4n) is 1.63. The maximum atomic E-state index is 11.6.